The second kappa shape index (κ2) is 11.3. The lowest BCUT2D eigenvalue weighted by Crippen LogP contribution is -2.52. The molecule has 3 N–H and O–H groups in total. The van der Waals surface area contributed by atoms with Gasteiger partial charge in [0, 0.05) is 0 Å². The Morgan fingerprint density at radius 1 is 0.903 bits per heavy atom. The van der Waals surface area contributed by atoms with E-state index >= 15 is 0 Å². The lowest BCUT2D eigenvalue weighted by molar-refractivity contribution is -0.200. The molecule has 2 fully saturated rings. The van der Waals surface area contributed by atoms with E-state index in [0.29, 0.717) is 17.8 Å². The Hall–Kier alpha value is -0.160. The molecule has 31 heavy (non-hydrogen) atoms. The molecule has 0 aromatic rings. The van der Waals surface area contributed by atoms with Gasteiger partial charge in [0.15, 0.2) is 0 Å². The molecule has 0 aromatic carbocycles. The molecular formula is C27H52O4. The molecule has 8 atom stereocenters. The highest BCUT2D eigenvalue weighted by Gasteiger charge is 2.46. The fraction of sp³-hybridized carbons (Fsp3) is 1.00. The lowest BCUT2D eigenvalue weighted by atomic mass is 9.67. The van der Waals surface area contributed by atoms with Gasteiger partial charge in [-0.1, -0.05) is 40.0 Å². The van der Waals surface area contributed by atoms with Crippen molar-refractivity contribution in [3.63, 3.8) is 0 Å². The number of ether oxygens (including phenoxy) is 1. The summed E-state index contributed by atoms with van der Waals surface area (Å²) in [6.07, 6.45) is 12.5. The van der Waals surface area contributed by atoms with Gasteiger partial charge in [-0.3, -0.25) is 0 Å². The van der Waals surface area contributed by atoms with Crippen molar-refractivity contribution in [2.45, 2.75) is 154 Å². The van der Waals surface area contributed by atoms with Crippen LogP contribution in [0.4, 0.5) is 0 Å². The van der Waals surface area contributed by atoms with Crippen molar-refractivity contribution in [1.29, 1.82) is 0 Å². The van der Waals surface area contributed by atoms with Crippen molar-refractivity contribution >= 4 is 0 Å². The summed E-state index contributed by atoms with van der Waals surface area (Å²) in [6, 6.07) is 0. The van der Waals surface area contributed by atoms with Crippen LogP contribution in [-0.2, 0) is 4.74 Å². The van der Waals surface area contributed by atoms with E-state index in [1.807, 2.05) is 13.8 Å². The van der Waals surface area contributed by atoms with Crippen molar-refractivity contribution in [1.82, 2.24) is 0 Å². The molecule has 1 heterocycles. The summed E-state index contributed by atoms with van der Waals surface area (Å²) < 4.78 is 6.67. The molecule has 0 radical (unpaired) electrons. The lowest BCUT2D eigenvalue weighted by Gasteiger charge is -2.51. The van der Waals surface area contributed by atoms with Crippen LogP contribution in [-0.4, -0.2) is 44.3 Å². The molecule has 0 aromatic heterocycles. The molecule has 4 nitrogen and oxygen atoms in total. The number of hydrogen-bond donors (Lipinski definition) is 3. The van der Waals surface area contributed by atoms with Crippen molar-refractivity contribution in [2.24, 2.45) is 17.8 Å². The third kappa shape index (κ3) is 8.28. The zero-order valence-electron chi connectivity index (χ0n) is 21.3. The SMILES string of the molecule is CCCCCC(C)(O)CCCC(C)(O)CCCC1(C)CCC2CC(O)C(C)C(C)C2O1. The largest absolute Gasteiger partial charge is 0.393 e. The van der Waals surface area contributed by atoms with Gasteiger partial charge in [-0.2, -0.15) is 0 Å². The Morgan fingerprint density at radius 3 is 2.10 bits per heavy atom. The molecule has 4 heteroatoms. The maximum atomic E-state index is 10.9. The van der Waals surface area contributed by atoms with Gasteiger partial charge < -0.3 is 20.1 Å². The first-order valence-electron chi connectivity index (χ1n) is 13.2. The van der Waals surface area contributed by atoms with Gasteiger partial charge in [0.1, 0.15) is 0 Å². The predicted octanol–water partition coefficient (Wildman–Crippen LogP) is 6.00. The van der Waals surface area contributed by atoms with Gasteiger partial charge >= 0.3 is 0 Å². The van der Waals surface area contributed by atoms with E-state index in [1.54, 1.807) is 0 Å². The Balaban J connectivity index is 1.73. The van der Waals surface area contributed by atoms with Crippen molar-refractivity contribution in [3.05, 3.63) is 0 Å². The molecule has 8 unspecified atom stereocenters. The standard InChI is InChI=1S/C27H52O4/c1-7-8-9-13-25(4,29)14-10-15-26(5,30)16-11-17-27(6)18-12-22-19-23(28)20(2)21(3)24(22)31-27/h20-24,28-30H,7-19H2,1-6H3. The molecular weight excluding hydrogens is 388 g/mol. The first-order chi connectivity index (χ1) is 14.4. The molecule has 1 saturated carbocycles. The molecule has 0 spiro atoms. The third-order valence-electron chi connectivity index (χ3n) is 8.60. The molecule has 1 aliphatic heterocycles. The average molecular weight is 441 g/mol. The van der Waals surface area contributed by atoms with Crippen LogP contribution < -0.4 is 0 Å². The number of aliphatic hydroxyl groups excluding tert-OH is 1. The highest BCUT2D eigenvalue weighted by Crippen LogP contribution is 2.46. The molecule has 184 valence electrons. The monoisotopic (exact) mass is 440 g/mol. The van der Waals surface area contributed by atoms with Crippen LogP contribution in [0.25, 0.3) is 0 Å². The van der Waals surface area contributed by atoms with Crippen molar-refractivity contribution in [2.75, 3.05) is 0 Å². The van der Waals surface area contributed by atoms with Gasteiger partial charge in [-0.15, -0.1) is 0 Å². The minimum Gasteiger partial charge on any atom is -0.393 e. The fourth-order valence-electron chi connectivity index (χ4n) is 5.98. The van der Waals surface area contributed by atoms with E-state index in [9.17, 15) is 15.3 Å². The number of hydrogen-bond acceptors (Lipinski definition) is 4. The van der Waals surface area contributed by atoms with E-state index in [2.05, 4.69) is 27.7 Å². The molecule has 1 aliphatic carbocycles. The Bertz CT molecular complexity index is 529. The first kappa shape index (κ1) is 27.1. The number of unbranched alkanes of at least 4 members (excludes halogenated alkanes) is 2. The van der Waals surface area contributed by atoms with Crippen LogP contribution in [0.3, 0.4) is 0 Å². The minimum absolute atomic E-state index is 0.115. The minimum atomic E-state index is -0.677. The first-order valence-corrected chi connectivity index (χ1v) is 13.2. The zero-order chi connectivity index (χ0) is 23.3. The van der Waals surface area contributed by atoms with E-state index in [-0.39, 0.29) is 17.8 Å². The molecule has 0 bridgehead atoms. The van der Waals surface area contributed by atoms with E-state index in [4.69, 9.17) is 4.74 Å². The van der Waals surface area contributed by atoms with E-state index in [1.165, 1.54) is 12.8 Å². The summed E-state index contributed by atoms with van der Waals surface area (Å²) in [5.41, 5.74) is -1.40. The summed E-state index contributed by atoms with van der Waals surface area (Å²) in [7, 11) is 0. The van der Waals surface area contributed by atoms with Crippen LogP contribution in [0.1, 0.15) is 125 Å². The van der Waals surface area contributed by atoms with Crippen LogP contribution >= 0.6 is 0 Å². The van der Waals surface area contributed by atoms with Gasteiger partial charge in [-0.25, -0.2) is 0 Å². The van der Waals surface area contributed by atoms with E-state index in [0.717, 1.165) is 70.6 Å². The smallest absolute Gasteiger partial charge is 0.0658 e. The molecule has 2 aliphatic rings. The normalized spacial score (nSPS) is 37.6. The summed E-state index contributed by atoms with van der Waals surface area (Å²) >= 11 is 0. The quantitative estimate of drug-likeness (QED) is 0.326. The fourth-order valence-corrected chi connectivity index (χ4v) is 5.98. The predicted molar refractivity (Wildman–Crippen MR) is 128 cm³/mol. The number of fused-ring (bicyclic) bond motifs is 1. The van der Waals surface area contributed by atoms with Crippen LogP contribution in [0.5, 0.6) is 0 Å². The highest BCUT2D eigenvalue weighted by atomic mass is 16.5. The molecule has 2 rings (SSSR count). The maximum absolute atomic E-state index is 10.9. The summed E-state index contributed by atoms with van der Waals surface area (Å²) in [4.78, 5) is 0. The van der Waals surface area contributed by atoms with Crippen molar-refractivity contribution in [3.8, 4) is 0 Å². The van der Waals surface area contributed by atoms with Gasteiger partial charge in [0.25, 0.3) is 0 Å². The van der Waals surface area contributed by atoms with Gasteiger partial charge in [0.2, 0.25) is 0 Å². The topological polar surface area (TPSA) is 69.9 Å². The van der Waals surface area contributed by atoms with E-state index < -0.39 is 11.2 Å². The highest BCUT2D eigenvalue weighted by molar-refractivity contribution is 4.96. The average Bonchev–Trinajstić information content (AvgIpc) is 2.67. The summed E-state index contributed by atoms with van der Waals surface area (Å²) in [5.74, 6) is 1.17. The Morgan fingerprint density at radius 2 is 1.48 bits per heavy atom. The summed E-state index contributed by atoms with van der Waals surface area (Å²) in [6.45, 7) is 12.7. The molecule has 0 amide bonds. The van der Waals surface area contributed by atoms with Gasteiger partial charge in [0.05, 0.1) is 29.0 Å². The molecule has 1 saturated heterocycles. The second-order valence-electron chi connectivity index (χ2n) is 12.0. The Labute approximate surface area is 192 Å². The number of aliphatic hydroxyl groups is 3. The third-order valence-corrected chi connectivity index (χ3v) is 8.60. The Kier molecular flexibility index (Phi) is 9.88. The second-order valence-corrected chi connectivity index (χ2v) is 12.0. The van der Waals surface area contributed by atoms with Gasteiger partial charge in [-0.05, 0) is 103 Å². The van der Waals surface area contributed by atoms with Crippen LogP contribution in [0.2, 0.25) is 0 Å². The van der Waals surface area contributed by atoms with Crippen molar-refractivity contribution < 1.29 is 20.1 Å². The van der Waals surface area contributed by atoms with Crippen LogP contribution in [0.15, 0.2) is 0 Å². The number of rotatable bonds is 12. The van der Waals surface area contributed by atoms with Crippen LogP contribution in [0, 0.1) is 17.8 Å². The maximum Gasteiger partial charge on any atom is 0.0658 e. The summed E-state index contributed by atoms with van der Waals surface area (Å²) in [5, 5.41) is 31.8. The zero-order valence-corrected chi connectivity index (χ0v) is 21.3.